The van der Waals surface area contributed by atoms with E-state index in [1.807, 2.05) is 55.4 Å². The lowest BCUT2D eigenvalue weighted by atomic mass is 9.89. The molecule has 248 valence electrons. The van der Waals surface area contributed by atoms with Crippen LogP contribution in [0.4, 0.5) is 0 Å². The molecule has 0 radical (unpaired) electrons. The predicted molar refractivity (Wildman–Crippen MR) is 161 cm³/mol. The van der Waals surface area contributed by atoms with E-state index in [9.17, 15) is 0 Å². The molecule has 0 spiro atoms. The van der Waals surface area contributed by atoms with Crippen LogP contribution in [-0.2, 0) is 47.4 Å². The molecule has 0 heterocycles. The van der Waals surface area contributed by atoms with Gasteiger partial charge >= 0.3 is 0 Å². The molecule has 0 unspecified atom stereocenters. The third kappa shape index (κ3) is 18.1. The third-order valence-corrected chi connectivity index (χ3v) is 6.53. The summed E-state index contributed by atoms with van der Waals surface area (Å²) in [6.07, 6.45) is 0. The minimum Gasteiger partial charge on any atom is -0.381 e. The molecule has 0 aliphatic heterocycles. The summed E-state index contributed by atoms with van der Waals surface area (Å²) in [5, 5.41) is 0. The Labute approximate surface area is 251 Å². The van der Waals surface area contributed by atoms with Gasteiger partial charge in [-0.15, -0.1) is 0 Å². The first-order valence-electron chi connectivity index (χ1n) is 15.7. The fraction of sp³-hybridized carbons (Fsp3) is 1.00. The van der Waals surface area contributed by atoms with Gasteiger partial charge in [0.05, 0.1) is 95.5 Å². The molecule has 0 N–H and O–H groups in total. The van der Waals surface area contributed by atoms with Gasteiger partial charge in [-0.25, -0.2) is 0 Å². The van der Waals surface area contributed by atoms with Gasteiger partial charge in [-0.3, -0.25) is 0 Å². The van der Waals surface area contributed by atoms with Gasteiger partial charge in [0.2, 0.25) is 0 Å². The fourth-order valence-electron chi connectivity index (χ4n) is 4.27. The zero-order valence-electron chi connectivity index (χ0n) is 27.7. The maximum atomic E-state index is 6.47. The molecule has 0 fully saturated rings. The van der Waals surface area contributed by atoms with E-state index >= 15 is 0 Å². The van der Waals surface area contributed by atoms with Gasteiger partial charge in [-0.05, 0) is 55.4 Å². The van der Waals surface area contributed by atoms with E-state index in [1.54, 1.807) is 0 Å². The van der Waals surface area contributed by atoms with Gasteiger partial charge in [-0.1, -0.05) is 0 Å². The van der Waals surface area contributed by atoms with Crippen molar-refractivity contribution in [2.75, 3.05) is 132 Å². The van der Waals surface area contributed by atoms with Crippen LogP contribution in [-0.4, -0.2) is 132 Å². The second kappa shape index (κ2) is 26.0. The van der Waals surface area contributed by atoms with Crippen molar-refractivity contribution in [3.8, 4) is 0 Å². The highest BCUT2D eigenvalue weighted by Crippen LogP contribution is 2.27. The molecule has 0 saturated heterocycles. The van der Waals surface area contributed by atoms with Crippen molar-refractivity contribution < 1.29 is 47.4 Å². The summed E-state index contributed by atoms with van der Waals surface area (Å²) in [5.41, 5.74) is -1.36. The molecular weight excluding hydrogens is 532 g/mol. The van der Waals surface area contributed by atoms with Crippen molar-refractivity contribution in [3.05, 3.63) is 0 Å². The van der Waals surface area contributed by atoms with Crippen LogP contribution < -0.4 is 0 Å². The minimum absolute atomic E-state index is 0.383. The van der Waals surface area contributed by atoms with E-state index in [-0.39, 0.29) is 0 Å². The Morgan fingerprint density at radius 3 is 0.463 bits per heavy atom. The number of ether oxygens (including phenoxy) is 10. The second-order valence-electron chi connectivity index (χ2n) is 10.6. The summed E-state index contributed by atoms with van der Waals surface area (Å²) in [7, 11) is 0. The van der Waals surface area contributed by atoms with Crippen LogP contribution in [0.15, 0.2) is 0 Å². The van der Waals surface area contributed by atoms with E-state index in [1.165, 1.54) is 0 Å². The standard InChI is InChI=1S/C31H64O10/c1-9-32-17-29(18-33-10-2,19-34-11-3)25-40-27-31(23-38-15-7,24-39-16-8)28-41-26-30(20-35-12-4,21-36-13-5)22-37-14-6/h9-28H2,1-8H3. The molecule has 0 aromatic carbocycles. The maximum absolute atomic E-state index is 6.47. The fourth-order valence-corrected chi connectivity index (χ4v) is 4.27. The van der Waals surface area contributed by atoms with Gasteiger partial charge in [0, 0.05) is 52.9 Å². The summed E-state index contributed by atoms with van der Waals surface area (Å²) >= 11 is 0. The zero-order valence-corrected chi connectivity index (χ0v) is 27.7. The second-order valence-corrected chi connectivity index (χ2v) is 10.6. The summed E-state index contributed by atoms with van der Waals surface area (Å²) in [4.78, 5) is 0. The van der Waals surface area contributed by atoms with Crippen LogP contribution >= 0.6 is 0 Å². The van der Waals surface area contributed by atoms with Crippen LogP contribution in [0.2, 0.25) is 0 Å². The van der Waals surface area contributed by atoms with E-state index in [2.05, 4.69) is 0 Å². The highest BCUT2D eigenvalue weighted by molar-refractivity contribution is 4.85. The van der Waals surface area contributed by atoms with Gasteiger partial charge in [0.1, 0.15) is 0 Å². The third-order valence-electron chi connectivity index (χ3n) is 6.53. The molecule has 10 heteroatoms. The van der Waals surface area contributed by atoms with Crippen LogP contribution in [0.1, 0.15) is 55.4 Å². The SMILES string of the molecule is CCOCC(COCC)(COCC)COCC(COCC)(COCC)COCC(COCC)(COCC)COCC. The van der Waals surface area contributed by atoms with Gasteiger partial charge in [0.25, 0.3) is 0 Å². The lowest BCUT2D eigenvalue weighted by Crippen LogP contribution is -2.47. The molecule has 0 atom stereocenters. The van der Waals surface area contributed by atoms with Crippen molar-refractivity contribution in [3.63, 3.8) is 0 Å². The molecule has 0 saturated carbocycles. The Morgan fingerprint density at radius 2 is 0.341 bits per heavy atom. The molecule has 0 aliphatic carbocycles. The first-order valence-corrected chi connectivity index (χ1v) is 15.7. The van der Waals surface area contributed by atoms with E-state index in [4.69, 9.17) is 47.4 Å². The molecule has 0 bridgehead atoms. The minimum atomic E-state index is -0.519. The predicted octanol–water partition coefficient (Wildman–Crippen LogP) is 4.27. The highest BCUT2D eigenvalue weighted by atomic mass is 16.5. The summed E-state index contributed by atoms with van der Waals surface area (Å²) in [6, 6.07) is 0. The van der Waals surface area contributed by atoms with Crippen molar-refractivity contribution in [1.82, 2.24) is 0 Å². The largest absolute Gasteiger partial charge is 0.381 e. The van der Waals surface area contributed by atoms with Gasteiger partial charge < -0.3 is 47.4 Å². The first-order chi connectivity index (χ1) is 19.9. The molecule has 0 amide bonds. The molecular formula is C31H64O10. The smallest absolute Gasteiger partial charge is 0.0637 e. The normalized spacial score (nSPS) is 12.9. The topological polar surface area (TPSA) is 92.3 Å². The molecule has 0 aliphatic rings. The van der Waals surface area contributed by atoms with Gasteiger partial charge in [0.15, 0.2) is 0 Å². The highest BCUT2D eigenvalue weighted by Gasteiger charge is 2.38. The molecule has 41 heavy (non-hydrogen) atoms. The Kier molecular flexibility index (Phi) is 25.8. The molecule has 0 rings (SSSR count). The lowest BCUT2D eigenvalue weighted by Gasteiger charge is -2.38. The van der Waals surface area contributed by atoms with Crippen LogP contribution in [0.5, 0.6) is 0 Å². The van der Waals surface area contributed by atoms with E-state index < -0.39 is 16.2 Å². The quantitative estimate of drug-likeness (QED) is 0.112. The molecule has 0 aromatic rings. The van der Waals surface area contributed by atoms with Crippen LogP contribution in [0.25, 0.3) is 0 Å². The van der Waals surface area contributed by atoms with E-state index in [0.29, 0.717) is 132 Å². The Hall–Kier alpha value is -0.400. The van der Waals surface area contributed by atoms with Crippen molar-refractivity contribution in [2.24, 2.45) is 16.2 Å². The number of rotatable bonds is 32. The number of hydrogen-bond acceptors (Lipinski definition) is 10. The summed E-state index contributed by atoms with van der Waals surface area (Å²) in [5.74, 6) is 0. The van der Waals surface area contributed by atoms with Crippen LogP contribution in [0, 0.1) is 16.2 Å². The summed E-state index contributed by atoms with van der Waals surface area (Å²) < 4.78 is 60.0. The average molecular weight is 597 g/mol. The molecule has 0 aromatic heterocycles. The number of hydrogen-bond donors (Lipinski definition) is 0. The zero-order chi connectivity index (χ0) is 30.7. The van der Waals surface area contributed by atoms with Crippen LogP contribution in [0.3, 0.4) is 0 Å². The maximum Gasteiger partial charge on any atom is 0.0637 e. The monoisotopic (exact) mass is 596 g/mol. The molecule has 10 nitrogen and oxygen atoms in total. The Bertz CT molecular complexity index is 471. The van der Waals surface area contributed by atoms with Crippen molar-refractivity contribution in [1.29, 1.82) is 0 Å². The van der Waals surface area contributed by atoms with E-state index in [0.717, 1.165) is 0 Å². The first kappa shape index (κ1) is 40.6. The lowest BCUT2D eigenvalue weighted by molar-refractivity contribution is -0.154. The Morgan fingerprint density at radius 1 is 0.220 bits per heavy atom. The van der Waals surface area contributed by atoms with Crippen molar-refractivity contribution >= 4 is 0 Å². The Balaban J connectivity index is 5.83. The van der Waals surface area contributed by atoms with Gasteiger partial charge in [-0.2, -0.15) is 0 Å². The average Bonchev–Trinajstić information content (AvgIpc) is 2.99. The summed E-state index contributed by atoms with van der Waals surface area (Å²) in [6.45, 7) is 26.1. The van der Waals surface area contributed by atoms with Crippen molar-refractivity contribution in [2.45, 2.75) is 55.4 Å².